The van der Waals surface area contributed by atoms with Crippen molar-refractivity contribution in [3.05, 3.63) is 39.0 Å². The van der Waals surface area contributed by atoms with Crippen LogP contribution in [0, 0.1) is 69.6 Å². The quantitative estimate of drug-likeness (QED) is 0.550. The average Bonchev–Trinajstić information content (AvgIpc) is 2.63. The lowest BCUT2D eigenvalue weighted by Gasteiger charge is -2.50. The van der Waals surface area contributed by atoms with Crippen molar-refractivity contribution in [3.8, 4) is 0 Å². The summed E-state index contributed by atoms with van der Waals surface area (Å²) >= 11 is 0. The molecule has 2 N–H and O–H groups in total. The van der Waals surface area contributed by atoms with E-state index in [-0.39, 0.29) is 23.7 Å². The maximum Gasteiger partial charge on any atom is 0.309 e. The number of benzene rings is 1. The van der Waals surface area contributed by atoms with E-state index in [0.717, 1.165) is 22.3 Å². The van der Waals surface area contributed by atoms with Gasteiger partial charge in [0.05, 0.1) is 5.41 Å². The molecule has 5 atom stereocenters. The molecule has 1 fully saturated rings. The first-order chi connectivity index (χ1) is 13.2. The van der Waals surface area contributed by atoms with Gasteiger partial charge in [-0.2, -0.15) is 0 Å². The van der Waals surface area contributed by atoms with E-state index in [1.54, 1.807) is 0 Å². The lowest BCUT2D eigenvalue weighted by atomic mass is 9.54. The largest absolute Gasteiger partial charge is 0.507 e. The topological polar surface area (TPSA) is 57.5 Å². The van der Waals surface area contributed by atoms with E-state index in [2.05, 4.69) is 62.3 Å². The predicted octanol–water partition coefficient (Wildman–Crippen LogP) is 6.78. The second kappa shape index (κ2) is 7.81. The van der Waals surface area contributed by atoms with Crippen LogP contribution in [0.4, 0.5) is 0 Å². The third kappa shape index (κ3) is 3.51. The van der Waals surface area contributed by atoms with E-state index in [1.807, 2.05) is 13.8 Å². The van der Waals surface area contributed by atoms with Gasteiger partial charge in [0.2, 0.25) is 0 Å². The van der Waals surface area contributed by atoms with Crippen LogP contribution in [-0.4, -0.2) is 16.2 Å². The highest BCUT2D eigenvalue weighted by Gasteiger charge is 2.50. The molecule has 1 aliphatic rings. The molecule has 0 aromatic heterocycles. The first kappa shape index (κ1) is 23.5. The number of carboxylic acids is 1. The lowest BCUT2D eigenvalue weighted by Crippen LogP contribution is -2.48. The zero-order valence-corrected chi connectivity index (χ0v) is 20.2. The number of rotatable bonds is 3. The van der Waals surface area contributed by atoms with Gasteiger partial charge in [0, 0.05) is 5.56 Å². The standard InChI is InChI=1S/C26H40O3/c1-12-13(2)16(5)21(17(6)14(12)3)24(27)22-18(7)15(4)19(8)23(20(22)9)26(10,11)25(28)29/h15,18-20,23,27H,1-11H3,(H,28,29)/b24-22-. The predicted molar refractivity (Wildman–Crippen MR) is 121 cm³/mol. The normalized spacial score (nSPS) is 29.7. The van der Waals surface area contributed by atoms with E-state index < -0.39 is 11.4 Å². The number of aliphatic hydroxyl groups excluding tert-OH is 1. The van der Waals surface area contributed by atoms with Gasteiger partial charge in [-0.1, -0.05) is 27.7 Å². The third-order valence-electron chi connectivity index (χ3n) is 8.60. The molecule has 0 heterocycles. The van der Waals surface area contributed by atoms with Crippen LogP contribution in [0.15, 0.2) is 5.57 Å². The van der Waals surface area contributed by atoms with E-state index in [1.165, 1.54) is 16.7 Å². The minimum absolute atomic E-state index is 0.0111. The Labute approximate surface area is 177 Å². The Morgan fingerprint density at radius 1 is 0.724 bits per heavy atom. The summed E-state index contributed by atoms with van der Waals surface area (Å²) in [5.41, 5.74) is 7.05. The fourth-order valence-corrected chi connectivity index (χ4v) is 5.98. The van der Waals surface area contributed by atoms with Crippen LogP contribution < -0.4 is 0 Å². The first-order valence-corrected chi connectivity index (χ1v) is 10.9. The molecule has 0 spiro atoms. The molecular weight excluding hydrogens is 360 g/mol. The smallest absolute Gasteiger partial charge is 0.309 e. The van der Waals surface area contributed by atoms with Crippen LogP contribution in [-0.2, 0) is 4.79 Å². The second-order valence-corrected chi connectivity index (χ2v) is 10.2. The van der Waals surface area contributed by atoms with E-state index in [4.69, 9.17) is 0 Å². The minimum atomic E-state index is -0.859. The maximum atomic E-state index is 12.1. The molecule has 0 radical (unpaired) electrons. The number of hydrogen-bond donors (Lipinski definition) is 2. The van der Waals surface area contributed by atoms with Crippen LogP contribution in [0.25, 0.3) is 5.76 Å². The van der Waals surface area contributed by atoms with Gasteiger partial charge in [0.25, 0.3) is 0 Å². The van der Waals surface area contributed by atoms with Gasteiger partial charge in [0.1, 0.15) is 5.76 Å². The van der Waals surface area contributed by atoms with Crippen molar-refractivity contribution in [2.45, 2.75) is 76.2 Å². The summed E-state index contributed by atoms with van der Waals surface area (Å²) in [6.07, 6.45) is 0. The highest BCUT2D eigenvalue weighted by atomic mass is 16.4. The Balaban J connectivity index is 2.81. The van der Waals surface area contributed by atoms with Crippen molar-refractivity contribution in [2.75, 3.05) is 0 Å². The Morgan fingerprint density at radius 2 is 1.14 bits per heavy atom. The third-order valence-corrected chi connectivity index (χ3v) is 8.60. The molecule has 1 aromatic carbocycles. The number of allylic oxidation sites excluding steroid dienone is 1. The van der Waals surface area contributed by atoms with Crippen molar-refractivity contribution < 1.29 is 15.0 Å². The molecular formula is C26H40O3. The summed E-state index contributed by atoms with van der Waals surface area (Å²) in [6, 6.07) is 0. The molecule has 5 unspecified atom stereocenters. The number of carbonyl (C=O) groups is 1. The molecule has 0 saturated heterocycles. The zero-order chi connectivity index (χ0) is 22.6. The van der Waals surface area contributed by atoms with Gasteiger partial charge in [-0.05, 0) is 111 Å². The van der Waals surface area contributed by atoms with Crippen molar-refractivity contribution in [1.29, 1.82) is 0 Å². The molecule has 29 heavy (non-hydrogen) atoms. The van der Waals surface area contributed by atoms with Crippen molar-refractivity contribution in [3.63, 3.8) is 0 Å². The van der Waals surface area contributed by atoms with E-state index >= 15 is 0 Å². The summed E-state index contributed by atoms with van der Waals surface area (Å²) in [4.78, 5) is 12.1. The van der Waals surface area contributed by atoms with Gasteiger partial charge in [-0.15, -0.1) is 0 Å². The summed E-state index contributed by atoms with van der Waals surface area (Å²) in [5.74, 6) is 0.292. The molecule has 3 heteroatoms. The Morgan fingerprint density at radius 3 is 1.55 bits per heavy atom. The summed E-state index contributed by atoms with van der Waals surface area (Å²) in [7, 11) is 0. The van der Waals surface area contributed by atoms with Crippen LogP contribution in [0.5, 0.6) is 0 Å². The number of hydrogen-bond acceptors (Lipinski definition) is 2. The van der Waals surface area contributed by atoms with Gasteiger partial charge < -0.3 is 10.2 Å². The van der Waals surface area contributed by atoms with Crippen LogP contribution >= 0.6 is 0 Å². The number of carboxylic acid groups (broad SMARTS) is 1. The average molecular weight is 401 g/mol. The Hall–Kier alpha value is -1.77. The first-order valence-electron chi connectivity index (χ1n) is 10.9. The molecule has 1 saturated carbocycles. The molecule has 0 bridgehead atoms. The van der Waals surface area contributed by atoms with Gasteiger partial charge >= 0.3 is 5.97 Å². The van der Waals surface area contributed by atoms with Gasteiger partial charge in [-0.25, -0.2) is 0 Å². The molecule has 162 valence electrons. The Bertz CT molecular complexity index is 830. The highest BCUT2D eigenvalue weighted by Crippen LogP contribution is 2.54. The summed E-state index contributed by atoms with van der Waals surface area (Å²) in [6.45, 7) is 22.9. The maximum absolute atomic E-state index is 12.1. The lowest BCUT2D eigenvalue weighted by molar-refractivity contribution is -0.154. The summed E-state index contributed by atoms with van der Waals surface area (Å²) < 4.78 is 0. The second-order valence-electron chi connectivity index (χ2n) is 10.2. The number of aliphatic hydroxyl groups is 1. The fourth-order valence-electron chi connectivity index (χ4n) is 5.98. The SMILES string of the molecule is Cc1c(C)c(C)c(/C(O)=C2\C(C)C(C)C(C)C(C(C)(C)C(=O)O)C2C)c(C)c1C. The molecule has 0 aliphatic heterocycles. The van der Waals surface area contributed by atoms with Crippen LogP contribution in [0.2, 0.25) is 0 Å². The van der Waals surface area contributed by atoms with Gasteiger partial charge in [0.15, 0.2) is 0 Å². The highest BCUT2D eigenvalue weighted by molar-refractivity contribution is 5.75. The zero-order valence-electron chi connectivity index (χ0n) is 20.2. The van der Waals surface area contributed by atoms with Crippen molar-refractivity contribution in [1.82, 2.24) is 0 Å². The molecule has 3 nitrogen and oxygen atoms in total. The molecule has 1 aliphatic carbocycles. The molecule has 2 rings (SSSR count). The number of aliphatic carboxylic acids is 1. The fraction of sp³-hybridized carbons (Fsp3) is 0.654. The van der Waals surface area contributed by atoms with Crippen LogP contribution in [0.1, 0.15) is 74.9 Å². The van der Waals surface area contributed by atoms with Crippen molar-refractivity contribution >= 4 is 11.7 Å². The van der Waals surface area contributed by atoms with E-state index in [9.17, 15) is 15.0 Å². The van der Waals surface area contributed by atoms with Crippen LogP contribution in [0.3, 0.4) is 0 Å². The summed E-state index contributed by atoms with van der Waals surface area (Å²) in [5, 5.41) is 21.6. The monoisotopic (exact) mass is 400 g/mol. The van der Waals surface area contributed by atoms with E-state index in [0.29, 0.717) is 11.7 Å². The molecule has 1 aromatic rings. The molecule has 0 amide bonds. The van der Waals surface area contributed by atoms with Gasteiger partial charge in [-0.3, -0.25) is 4.79 Å². The minimum Gasteiger partial charge on any atom is -0.507 e. The Kier molecular flexibility index (Phi) is 6.33. The van der Waals surface area contributed by atoms with Crippen molar-refractivity contribution in [2.24, 2.45) is 35.0 Å².